The van der Waals surface area contributed by atoms with Crippen molar-refractivity contribution in [2.45, 2.75) is 49.2 Å². The van der Waals surface area contributed by atoms with E-state index in [1.54, 1.807) is 23.9 Å². The normalized spacial score (nSPS) is 13.0. The lowest BCUT2D eigenvalue weighted by atomic mass is 10.1. The molecule has 0 fully saturated rings. The average molecular weight is 344 g/mol. The van der Waals surface area contributed by atoms with E-state index in [9.17, 15) is 18.3 Å². The number of hydrogen-bond acceptors (Lipinski definition) is 4. The number of carboxylic acids is 1. The Balaban J connectivity index is 2.69. The van der Waals surface area contributed by atoms with Gasteiger partial charge in [0.05, 0.1) is 4.90 Å². The molecule has 1 atom stereocenters. The first-order chi connectivity index (χ1) is 10.4. The van der Waals surface area contributed by atoms with E-state index >= 15 is 0 Å². The van der Waals surface area contributed by atoms with Crippen molar-refractivity contribution in [3.05, 3.63) is 29.8 Å². The first-order valence-corrected chi connectivity index (χ1v) is 10.4. The van der Waals surface area contributed by atoms with Crippen LogP contribution in [0.5, 0.6) is 0 Å². The van der Waals surface area contributed by atoms with E-state index in [-0.39, 0.29) is 11.3 Å². The minimum absolute atomic E-state index is 0.0906. The van der Waals surface area contributed by atoms with Gasteiger partial charge in [0.1, 0.15) is 0 Å². The highest BCUT2D eigenvalue weighted by Crippen LogP contribution is 2.21. The Kier molecular flexibility index (Phi) is 7.96. The van der Waals surface area contributed by atoms with Crippen LogP contribution in [0, 0.1) is 6.92 Å². The van der Waals surface area contributed by atoms with Crippen LogP contribution in [0.4, 0.5) is 0 Å². The molecule has 0 bridgehead atoms. The number of aryl methyl sites for hydroxylation is 1. The fraction of sp³-hybridized carbons (Fsp3) is 0.562. The Morgan fingerprint density at radius 3 is 2.27 bits per heavy atom. The summed E-state index contributed by atoms with van der Waals surface area (Å²) in [5.74, 6) is -0.172. The van der Waals surface area contributed by atoms with Crippen molar-refractivity contribution in [3.63, 3.8) is 0 Å². The van der Waals surface area contributed by atoms with Crippen LogP contribution in [0.25, 0.3) is 0 Å². The topological polar surface area (TPSA) is 71.4 Å². The second-order valence-electron chi connectivity index (χ2n) is 5.38. The molecule has 1 N–H and O–H groups in total. The van der Waals surface area contributed by atoms with E-state index in [1.807, 2.05) is 6.92 Å². The predicted molar refractivity (Wildman–Crippen MR) is 91.3 cm³/mol. The molecule has 4 nitrogen and oxygen atoms in total. The van der Waals surface area contributed by atoms with Gasteiger partial charge in [0, 0.05) is 0 Å². The third-order valence-corrected chi connectivity index (χ3v) is 6.38. The number of aliphatic carboxylic acids is 1. The van der Waals surface area contributed by atoms with Crippen LogP contribution in [0.3, 0.4) is 0 Å². The molecule has 22 heavy (non-hydrogen) atoms. The zero-order valence-electron chi connectivity index (χ0n) is 13.1. The number of benzene rings is 1. The zero-order valence-corrected chi connectivity index (χ0v) is 14.8. The highest BCUT2D eigenvalue weighted by molar-refractivity contribution is 7.98. The maximum Gasteiger partial charge on any atom is 0.322 e. The molecule has 0 saturated heterocycles. The van der Waals surface area contributed by atoms with Crippen LogP contribution in [-0.4, -0.2) is 36.8 Å². The fourth-order valence-corrected chi connectivity index (χ4v) is 4.31. The molecule has 0 saturated carbocycles. The molecule has 0 aliphatic heterocycles. The molecule has 1 aromatic rings. The Hall–Kier alpha value is -1.01. The van der Waals surface area contributed by atoms with Gasteiger partial charge in [-0.05, 0) is 43.9 Å². The molecule has 1 rings (SSSR count). The molecule has 124 valence electrons. The molecule has 0 heterocycles. The standard InChI is InChI=1S/C16H24O4S2/c1-13-8-10-14(11-9-13)22(19,20)15(16(17)18)7-5-3-4-6-12-21-2/h8-11,15H,3-7,12H2,1-2H3,(H,17,18). The molecular weight excluding hydrogens is 320 g/mol. The van der Waals surface area contributed by atoms with Gasteiger partial charge in [0.15, 0.2) is 15.1 Å². The van der Waals surface area contributed by atoms with E-state index < -0.39 is 21.1 Å². The third-order valence-electron chi connectivity index (χ3n) is 3.56. The highest BCUT2D eigenvalue weighted by atomic mass is 32.2. The lowest BCUT2D eigenvalue weighted by molar-refractivity contribution is -0.136. The summed E-state index contributed by atoms with van der Waals surface area (Å²) >= 11 is 1.78. The van der Waals surface area contributed by atoms with Crippen molar-refractivity contribution in [1.82, 2.24) is 0 Å². The van der Waals surface area contributed by atoms with Gasteiger partial charge in [-0.1, -0.05) is 37.0 Å². The molecule has 0 amide bonds. The third kappa shape index (κ3) is 5.65. The predicted octanol–water partition coefficient (Wildman–Crippen LogP) is 3.54. The van der Waals surface area contributed by atoms with Crippen LogP contribution >= 0.6 is 11.8 Å². The number of unbranched alkanes of at least 4 members (excludes halogenated alkanes) is 3. The number of rotatable bonds is 10. The largest absolute Gasteiger partial charge is 0.480 e. The summed E-state index contributed by atoms with van der Waals surface area (Å²) in [6.07, 6.45) is 5.81. The van der Waals surface area contributed by atoms with Gasteiger partial charge >= 0.3 is 5.97 Å². The van der Waals surface area contributed by atoms with Gasteiger partial charge in [0.25, 0.3) is 0 Å². The second-order valence-corrected chi connectivity index (χ2v) is 8.50. The monoisotopic (exact) mass is 344 g/mol. The molecular formula is C16H24O4S2. The summed E-state index contributed by atoms with van der Waals surface area (Å²) in [6.45, 7) is 1.86. The second kappa shape index (κ2) is 9.20. The maximum absolute atomic E-state index is 12.5. The van der Waals surface area contributed by atoms with Crippen molar-refractivity contribution in [2.24, 2.45) is 0 Å². The Morgan fingerprint density at radius 1 is 1.14 bits per heavy atom. The summed E-state index contributed by atoms with van der Waals surface area (Å²) in [6, 6.07) is 6.35. The SMILES string of the molecule is CSCCCCCCC(C(=O)O)S(=O)(=O)c1ccc(C)cc1. The summed E-state index contributed by atoms with van der Waals surface area (Å²) in [4.78, 5) is 11.5. The lowest BCUT2D eigenvalue weighted by Crippen LogP contribution is -2.30. The maximum atomic E-state index is 12.5. The number of carbonyl (C=O) groups is 1. The Morgan fingerprint density at radius 2 is 1.73 bits per heavy atom. The van der Waals surface area contributed by atoms with Gasteiger partial charge in [0.2, 0.25) is 0 Å². The number of hydrogen-bond donors (Lipinski definition) is 1. The van der Waals surface area contributed by atoms with Gasteiger partial charge in [-0.15, -0.1) is 0 Å². The fourth-order valence-electron chi connectivity index (χ4n) is 2.23. The molecule has 0 aliphatic rings. The zero-order chi connectivity index (χ0) is 16.6. The first-order valence-electron chi connectivity index (χ1n) is 7.42. The lowest BCUT2D eigenvalue weighted by Gasteiger charge is -2.14. The van der Waals surface area contributed by atoms with Crippen molar-refractivity contribution < 1.29 is 18.3 Å². The van der Waals surface area contributed by atoms with Crippen molar-refractivity contribution in [2.75, 3.05) is 12.0 Å². The summed E-state index contributed by atoms with van der Waals surface area (Å²) in [7, 11) is -3.82. The van der Waals surface area contributed by atoms with Crippen LogP contribution in [0.15, 0.2) is 29.2 Å². The summed E-state index contributed by atoms with van der Waals surface area (Å²) in [5, 5.41) is 7.93. The molecule has 0 radical (unpaired) electrons. The Labute approximate surface area is 137 Å². The number of carboxylic acid groups (broad SMARTS) is 1. The van der Waals surface area contributed by atoms with E-state index in [0.717, 1.165) is 30.6 Å². The van der Waals surface area contributed by atoms with Crippen LogP contribution in [-0.2, 0) is 14.6 Å². The van der Waals surface area contributed by atoms with Gasteiger partial charge in [-0.2, -0.15) is 11.8 Å². The van der Waals surface area contributed by atoms with Crippen LogP contribution in [0.1, 0.15) is 37.7 Å². The van der Waals surface area contributed by atoms with Crippen LogP contribution in [0.2, 0.25) is 0 Å². The first kappa shape index (κ1) is 19.0. The molecule has 0 aromatic heterocycles. The highest BCUT2D eigenvalue weighted by Gasteiger charge is 2.33. The number of sulfone groups is 1. The van der Waals surface area contributed by atoms with E-state index in [2.05, 4.69) is 6.26 Å². The van der Waals surface area contributed by atoms with Gasteiger partial charge < -0.3 is 5.11 Å². The molecule has 1 aromatic carbocycles. The average Bonchev–Trinajstić information content (AvgIpc) is 2.46. The smallest absolute Gasteiger partial charge is 0.322 e. The van der Waals surface area contributed by atoms with Crippen LogP contribution < -0.4 is 0 Å². The molecule has 1 unspecified atom stereocenters. The van der Waals surface area contributed by atoms with Gasteiger partial charge in [-0.3, -0.25) is 4.79 Å². The van der Waals surface area contributed by atoms with E-state index in [1.165, 1.54) is 12.1 Å². The minimum Gasteiger partial charge on any atom is -0.480 e. The van der Waals surface area contributed by atoms with Crippen molar-refractivity contribution in [3.8, 4) is 0 Å². The molecule has 6 heteroatoms. The molecule has 0 aliphatic carbocycles. The Bertz CT molecular complexity index is 564. The summed E-state index contributed by atoms with van der Waals surface area (Å²) < 4.78 is 24.9. The quantitative estimate of drug-likeness (QED) is 0.657. The minimum atomic E-state index is -3.82. The number of thioether (sulfide) groups is 1. The summed E-state index contributed by atoms with van der Waals surface area (Å²) in [5.41, 5.74) is 0.944. The van der Waals surface area contributed by atoms with E-state index in [0.29, 0.717) is 6.42 Å². The van der Waals surface area contributed by atoms with Crippen molar-refractivity contribution >= 4 is 27.6 Å². The molecule has 0 spiro atoms. The van der Waals surface area contributed by atoms with E-state index in [4.69, 9.17) is 0 Å². The van der Waals surface area contributed by atoms with Crippen molar-refractivity contribution in [1.29, 1.82) is 0 Å². The van der Waals surface area contributed by atoms with Gasteiger partial charge in [-0.25, -0.2) is 8.42 Å².